The summed E-state index contributed by atoms with van der Waals surface area (Å²) in [6.45, 7) is 9.93. The van der Waals surface area contributed by atoms with Gasteiger partial charge in [0, 0.05) is 38.0 Å². The van der Waals surface area contributed by atoms with E-state index in [0.717, 1.165) is 33.6 Å². The molecule has 4 rings (SSSR count). The molecule has 1 aromatic carbocycles. The third-order valence-corrected chi connectivity index (χ3v) is 6.96. The Morgan fingerprint density at radius 3 is 2.59 bits per heavy atom. The fourth-order valence-electron chi connectivity index (χ4n) is 4.84. The first-order chi connectivity index (χ1) is 19.5. The number of fused-ring (bicyclic) bond motifs is 1. The molecule has 0 aliphatic carbocycles. The van der Waals surface area contributed by atoms with Gasteiger partial charge in [0.25, 0.3) is 5.91 Å². The van der Waals surface area contributed by atoms with Gasteiger partial charge in [-0.2, -0.15) is 5.26 Å². The highest BCUT2D eigenvalue weighted by Gasteiger charge is 2.32. The van der Waals surface area contributed by atoms with Crippen molar-refractivity contribution in [2.24, 2.45) is 0 Å². The van der Waals surface area contributed by atoms with E-state index in [2.05, 4.69) is 33.0 Å². The zero-order valence-electron chi connectivity index (χ0n) is 24.6. The maximum absolute atomic E-state index is 13.2. The van der Waals surface area contributed by atoms with E-state index in [1.807, 2.05) is 44.3 Å². The first-order valence-corrected chi connectivity index (χ1v) is 13.8. The molecule has 0 saturated carbocycles. The lowest BCUT2D eigenvalue weighted by molar-refractivity contribution is -0.139. The van der Waals surface area contributed by atoms with Crippen LogP contribution in [0, 0.1) is 25.2 Å². The highest BCUT2D eigenvalue weighted by molar-refractivity contribution is 5.82. The molecule has 1 fully saturated rings. The molecule has 0 bridgehead atoms. The molecule has 2 amide bonds. The lowest BCUT2D eigenvalue weighted by Gasteiger charge is -2.33. The molecule has 218 valence electrons. The van der Waals surface area contributed by atoms with Crippen LogP contribution < -0.4 is 5.32 Å². The fourth-order valence-corrected chi connectivity index (χ4v) is 4.84. The lowest BCUT2D eigenvalue weighted by atomic mass is 10.0. The van der Waals surface area contributed by atoms with Gasteiger partial charge < -0.3 is 28.8 Å². The largest absolute Gasteiger partial charge is 0.444 e. The van der Waals surface area contributed by atoms with Crippen LogP contribution >= 0.6 is 0 Å². The average Bonchev–Trinajstić information content (AvgIpc) is 3.32. The Morgan fingerprint density at radius 2 is 1.93 bits per heavy atom. The minimum Gasteiger partial charge on any atom is -0.444 e. The monoisotopic (exact) mass is 561 g/mol. The molecule has 3 heterocycles. The van der Waals surface area contributed by atoms with E-state index in [9.17, 15) is 14.9 Å². The van der Waals surface area contributed by atoms with E-state index in [4.69, 9.17) is 14.2 Å². The molecular weight excluding hydrogens is 522 g/mol. The summed E-state index contributed by atoms with van der Waals surface area (Å²) in [7, 11) is 1.57. The van der Waals surface area contributed by atoms with E-state index in [1.54, 1.807) is 27.9 Å². The number of carbonyl (C=O) groups is 2. The maximum atomic E-state index is 13.2. The number of nitrogens with one attached hydrogen (secondary N) is 1. The normalized spacial score (nSPS) is 18.7. The van der Waals surface area contributed by atoms with Gasteiger partial charge in [0.15, 0.2) is 6.10 Å². The Hall–Kier alpha value is -3.94. The number of rotatable bonds is 6. The summed E-state index contributed by atoms with van der Waals surface area (Å²) < 4.78 is 18.9. The minimum absolute atomic E-state index is 0.0184. The van der Waals surface area contributed by atoms with Crippen molar-refractivity contribution >= 4 is 17.5 Å². The van der Waals surface area contributed by atoms with Gasteiger partial charge in [0.05, 0.1) is 42.2 Å². The molecule has 2 aromatic heterocycles. The SMILES string of the molecule is CO[C@@H]1CCN(C(=O)OC(C)(C)C)C[C@@H](C(=O)N[C@H](C#N)Cc2ccc(-c3cc4c(C)nc(C)cn4c3)cc2)OC1. The average molecular weight is 562 g/mol. The molecule has 10 heteroatoms. The maximum Gasteiger partial charge on any atom is 0.410 e. The molecule has 0 unspecified atom stereocenters. The van der Waals surface area contributed by atoms with E-state index in [0.29, 0.717) is 19.4 Å². The third-order valence-electron chi connectivity index (χ3n) is 6.96. The van der Waals surface area contributed by atoms with E-state index < -0.39 is 29.7 Å². The number of benzene rings is 1. The minimum atomic E-state index is -0.968. The number of nitrogens with zero attached hydrogens (tertiary/aromatic N) is 4. The highest BCUT2D eigenvalue weighted by atomic mass is 16.6. The fraction of sp³-hybridized carbons (Fsp3) is 0.484. The summed E-state index contributed by atoms with van der Waals surface area (Å²) in [5.41, 5.74) is 5.34. The molecule has 1 saturated heterocycles. The molecule has 1 aliphatic rings. The van der Waals surface area contributed by atoms with Gasteiger partial charge in [0.2, 0.25) is 0 Å². The number of methoxy groups -OCH3 is 1. The number of nitriles is 1. The molecule has 0 spiro atoms. The van der Waals surface area contributed by atoms with Crippen molar-refractivity contribution in [2.45, 2.75) is 71.3 Å². The first-order valence-electron chi connectivity index (χ1n) is 13.8. The van der Waals surface area contributed by atoms with Crippen LogP contribution in [0.25, 0.3) is 16.6 Å². The molecular formula is C31H39N5O5. The Labute approximate surface area is 241 Å². The van der Waals surface area contributed by atoms with Crippen LogP contribution in [0.4, 0.5) is 4.79 Å². The summed E-state index contributed by atoms with van der Waals surface area (Å²) in [4.78, 5) is 32.0. The number of aryl methyl sites for hydroxylation is 2. The number of ether oxygens (including phenoxy) is 3. The van der Waals surface area contributed by atoms with Crippen molar-refractivity contribution in [3.8, 4) is 17.2 Å². The summed E-state index contributed by atoms with van der Waals surface area (Å²) in [6, 6.07) is 11.5. The number of carbonyl (C=O) groups excluding carboxylic acids is 2. The zero-order chi connectivity index (χ0) is 29.7. The van der Waals surface area contributed by atoms with Crippen molar-refractivity contribution in [3.05, 3.63) is 59.7 Å². The zero-order valence-corrected chi connectivity index (χ0v) is 24.6. The number of amides is 2. The van der Waals surface area contributed by atoms with Crippen LogP contribution in [0.5, 0.6) is 0 Å². The van der Waals surface area contributed by atoms with Gasteiger partial charge >= 0.3 is 6.09 Å². The van der Waals surface area contributed by atoms with Crippen LogP contribution in [0.1, 0.15) is 44.1 Å². The molecule has 0 radical (unpaired) electrons. The standard InChI is InChI=1S/C31H39N5O5/c1-20-16-36-17-24(14-27(36)21(2)33-20)23-9-7-22(8-10-23)13-25(15-32)34-29(37)28-18-35(30(38)41-31(3,4)5)12-11-26(39-6)19-40-28/h7-10,14,16-17,25-26,28H,11-13,18-19H2,1-6H3,(H,34,37)/t25-,26+,28-/m0/s1. The Kier molecular flexibility index (Phi) is 9.31. The van der Waals surface area contributed by atoms with Gasteiger partial charge in [-0.1, -0.05) is 24.3 Å². The second-order valence-electron chi connectivity index (χ2n) is 11.5. The smallest absolute Gasteiger partial charge is 0.410 e. The van der Waals surface area contributed by atoms with Crippen LogP contribution in [-0.4, -0.2) is 76.9 Å². The Balaban J connectivity index is 1.42. The van der Waals surface area contributed by atoms with Crippen LogP contribution in [0.15, 0.2) is 42.7 Å². The molecule has 3 atom stereocenters. The molecule has 3 aromatic rings. The van der Waals surface area contributed by atoms with Gasteiger partial charge in [-0.3, -0.25) is 9.78 Å². The molecule has 1 aliphatic heterocycles. The van der Waals surface area contributed by atoms with Crippen LogP contribution in [-0.2, 0) is 25.4 Å². The van der Waals surface area contributed by atoms with E-state index in [-0.39, 0.29) is 19.3 Å². The number of aromatic nitrogens is 2. The predicted octanol–water partition coefficient (Wildman–Crippen LogP) is 4.21. The number of hydrogen-bond donors (Lipinski definition) is 1. The van der Waals surface area contributed by atoms with Gasteiger partial charge in [0.1, 0.15) is 11.6 Å². The second kappa shape index (κ2) is 12.7. The lowest BCUT2D eigenvalue weighted by Crippen LogP contribution is -2.52. The van der Waals surface area contributed by atoms with Crippen molar-refractivity contribution < 1.29 is 23.8 Å². The molecule has 10 nitrogen and oxygen atoms in total. The molecule has 41 heavy (non-hydrogen) atoms. The predicted molar refractivity (Wildman–Crippen MR) is 154 cm³/mol. The summed E-state index contributed by atoms with van der Waals surface area (Å²) >= 11 is 0. The molecule has 1 N–H and O–H groups in total. The summed E-state index contributed by atoms with van der Waals surface area (Å²) in [6.07, 6.45) is 3.19. The second-order valence-corrected chi connectivity index (χ2v) is 11.5. The van der Waals surface area contributed by atoms with Crippen LogP contribution in [0.2, 0.25) is 0 Å². The van der Waals surface area contributed by atoms with Crippen molar-refractivity contribution in [1.82, 2.24) is 19.6 Å². The van der Waals surface area contributed by atoms with Crippen molar-refractivity contribution in [3.63, 3.8) is 0 Å². The van der Waals surface area contributed by atoms with Gasteiger partial charge in [-0.05, 0) is 58.2 Å². The van der Waals surface area contributed by atoms with Crippen molar-refractivity contribution in [2.75, 3.05) is 26.8 Å². The topological polar surface area (TPSA) is 118 Å². The first kappa shape index (κ1) is 30.0. The van der Waals surface area contributed by atoms with Crippen LogP contribution in [0.3, 0.4) is 0 Å². The van der Waals surface area contributed by atoms with E-state index in [1.165, 1.54) is 4.90 Å². The van der Waals surface area contributed by atoms with E-state index >= 15 is 0 Å². The number of hydrogen-bond acceptors (Lipinski definition) is 7. The Bertz CT molecular complexity index is 1420. The van der Waals surface area contributed by atoms with Gasteiger partial charge in [-0.25, -0.2) is 4.79 Å². The quantitative estimate of drug-likeness (QED) is 0.479. The van der Waals surface area contributed by atoms with Crippen molar-refractivity contribution in [1.29, 1.82) is 5.26 Å². The highest BCUT2D eigenvalue weighted by Crippen LogP contribution is 2.25. The summed E-state index contributed by atoms with van der Waals surface area (Å²) in [5, 5.41) is 12.6. The summed E-state index contributed by atoms with van der Waals surface area (Å²) in [5.74, 6) is -0.460. The Morgan fingerprint density at radius 1 is 1.20 bits per heavy atom. The van der Waals surface area contributed by atoms with Gasteiger partial charge in [-0.15, -0.1) is 0 Å². The third kappa shape index (κ3) is 7.84.